The minimum Gasteiger partial charge on any atom is -0.507 e. The summed E-state index contributed by atoms with van der Waals surface area (Å²) < 4.78 is 10.7. The zero-order valence-electron chi connectivity index (χ0n) is 19.4. The van der Waals surface area contributed by atoms with Crippen LogP contribution in [0.5, 0.6) is 5.75 Å². The van der Waals surface area contributed by atoms with Crippen LogP contribution in [0.25, 0.3) is 5.76 Å². The average molecular weight is 439 g/mol. The lowest BCUT2D eigenvalue weighted by Gasteiger charge is -2.26. The fraction of sp³-hybridized carbons (Fsp3) is 0.360. The van der Waals surface area contributed by atoms with Gasteiger partial charge in [-0.3, -0.25) is 9.59 Å². The van der Waals surface area contributed by atoms with E-state index in [9.17, 15) is 14.7 Å². The van der Waals surface area contributed by atoms with E-state index >= 15 is 0 Å². The van der Waals surface area contributed by atoms with Crippen LogP contribution in [0.4, 0.5) is 5.69 Å². The molecule has 7 heteroatoms. The van der Waals surface area contributed by atoms with Crippen LogP contribution in [-0.2, 0) is 14.3 Å². The number of hydrogen-bond acceptors (Lipinski definition) is 6. The fourth-order valence-electron chi connectivity index (χ4n) is 4.15. The molecule has 1 aliphatic rings. The summed E-state index contributed by atoms with van der Waals surface area (Å²) in [5, 5.41) is 11.3. The van der Waals surface area contributed by atoms with E-state index in [2.05, 4.69) is 0 Å². The number of benzene rings is 2. The maximum Gasteiger partial charge on any atom is 0.295 e. The Balaban J connectivity index is 2.23. The molecular formula is C25H30N2O5. The van der Waals surface area contributed by atoms with Crippen LogP contribution in [0.3, 0.4) is 0 Å². The first kappa shape index (κ1) is 23.3. The van der Waals surface area contributed by atoms with Crippen LogP contribution in [0.1, 0.15) is 28.3 Å². The first-order valence-electron chi connectivity index (χ1n) is 10.4. The number of aliphatic hydroxyl groups excluding tert-OH is 1. The Kier molecular flexibility index (Phi) is 6.89. The summed E-state index contributed by atoms with van der Waals surface area (Å²) in [7, 11) is 6.93. The molecule has 0 radical (unpaired) electrons. The van der Waals surface area contributed by atoms with Gasteiger partial charge >= 0.3 is 0 Å². The summed E-state index contributed by atoms with van der Waals surface area (Å²) in [4.78, 5) is 29.5. The molecule has 1 unspecified atom stereocenters. The van der Waals surface area contributed by atoms with Gasteiger partial charge in [0, 0.05) is 33.4 Å². The van der Waals surface area contributed by atoms with Crippen molar-refractivity contribution in [3.63, 3.8) is 0 Å². The number of Topliss-reactive ketones (excluding diaryl/α,β-unsaturated/α-hetero) is 1. The van der Waals surface area contributed by atoms with Crippen LogP contribution in [0.2, 0.25) is 0 Å². The molecule has 1 N–H and O–H groups in total. The maximum absolute atomic E-state index is 13.1. The Morgan fingerprint density at radius 2 is 1.75 bits per heavy atom. The third-order valence-electron chi connectivity index (χ3n) is 5.68. The summed E-state index contributed by atoms with van der Waals surface area (Å²) in [5.41, 5.74) is 3.89. The first-order chi connectivity index (χ1) is 15.2. The predicted molar refractivity (Wildman–Crippen MR) is 124 cm³/mol. The molecule has 32 heavy (non-hydrogen) atoms. The second-order valence-electron chi connectivity index (χ2n) is 8.13. The van der Waals surface area contributed by atoms with E-state index in [1.54, 1.807) is 6.07 Å². The molecule has 0 aromatic heterocycles. The summed E-state index contributed by atoms with van der Waals surface area (Å²) in [5.74, 6) is -1.15. The average Bonchev–Trinajstić information content (AvgIpc) is 3.01. The summed E-state index contributed by atoms with van der Waals surface area (Å²) in [6.07, 6.45) is 0. The smallest absolute Gasteiger partial charge is 0.295 e. The highest BCUT2D eigenvalue weighted by atomic mass is 16.5. The number of amides is 1. The van der Waals surface area contributed by atoms with E-state index in [4.69, 9.17) is 9.47 Å². The van der Waals surface area contributed by atoms with Crippen LogP contribution in [-0.4, -0.2) is 63.2 Å². The lowest BCUT2D eigenvalue weighted by atomic mass is 9.93. The van der Waals surface area contributed by atoms with Gasteiger partial charge in [0.05, 0.1) is 30.9 Å². The Labute approximate surface area is 188 Å². The van der Waals surface area contributed by atoms with E-state index in [0.29, 0.717) is 11.3 Å². The number of aryl methyl sites for hydroxylation is 2. The lowest BCUT2D eigenvalue weighted by Crippen LogP contribution is -2.32. The highest BCUT2D eigenvalue weighted by Gasteiger charge is 2.46. The van der Waals surface area contributed by atoms with Crippen LogP contribution in [0.15, 0.2) is 42.0 Å². The number of ether oxygens (including phenoxy) is 2. The topological polar surface area (TPSA) is 79.3 Å². The second-order valence-corrected chi connectivity index (χ2v) is 8.13. The van der Waals surface area contributed by atoms with Gasteiger partial charge in [0.2, 0.25) is 0 Å². The molecule has 0 spiro atoms. The molecule has 1 atom stereocenters. The monoisotopic (exact) mass is 438 g/mol. The second kappa shape index (κ2) is 9.44. The van der Waals surface area contributed by atoms with Gasteiger partial charge in [0.1, 0.15) is 11.5 Å². The summed E-state index contributed by atoms with van der Waals surface area (Å²) in [6, 6.07) is 10.5. The third kappa shape index (κ3) is 4.21. The molecule has 1 fully saturated rings. The Bertz CT molecular complexity index is 1060. The van der Waals surface area contributed by atoms with Crippen molar-refractivity contribution in [1.29, 1.82) is 0 Å². The van der Waals surface area contributed by atoms with Gasteiger partial charge in [-0.1, -0.05) is 18.2 Å². The number of carbonyl (C=O) groups excluding carboxylic acids is 2. The van der Waals surface area contributed by atoms with Gasteiger partial charge in [0.15, 0.2) is 0 Å². The van der Waals surface area contributed by atoms with Crippen LogP contribution in [0, 0.1) is 13.8 Å². The molecular weight excluding hydrogens is 408 g/mol. The molecule has 2 aromatic carbocycles. The highest BCUT2D eigenvalue weighted by molar-refractivity contribution is 6.46. The van der Waals surface area contributed by atoms with Crippen molar-refractivity contribution in [2.45, 2.75) is 19.9 Å². The highest BCUT2D eigenvalue weighted by Crippen LogP contribution is 2.42. The Morgan fingerprint density at radius 3 is 2.31 bits per heavy atom. The Morgan fingerprint density at radius 1 is 1.09 bits per heavy atom. The molecule has 1 aliphatic heterocycles. The molecule has 7 nitrogen and oxygen atoms in total. The maximum atomic E-state index is 13.1. The van der Waals surface area contributed by atoms with E-state index in [0.717, 1.165) is 22.4 Å². The number of rotatable bonds is 7. The number of ketones is 1. The van der Waals surface area contributed by atoms with Crippen molar-refractivity contribution >= 4 is 23.1 Å². The molecule has 1 heterocycles. The van der Waals surface area contributed by atoms with Crippen molar-refractivity contribution in [3.8, 4) is 5.75 Å². The van der Waals surface area contributed by atoms with Gasteiger partial charge in [-0.25, -0.2) is 0 Å². The number of carbonyl (C=O) groups is 2. The van der Waals surface area contributed by atoms with Gasteiger partial charge in [-0.05, 0) is 48.7 Å². The van der Waals surface area contributed by atoms with Gasteiger partial charge in [-0.15, -0.1) is 0 Å². The molecule has 3 rings (SSSR count). The minimum absolute atomic E-state index is 0.0482. The van der Waals surface area contributed by atoms with E-state index in [1.807, 2.05) is 63.2 Å². The molecule has 0 aliphatic carbocycles. The fourth-order valence-corrected chi connectivity index (χ4v) is 4.15. The summed E-state index contributed by atoms with van der Waals surface area (Å²) >= 11 is 0. The number of methoxy groups -OCH3 is 2. The van der Waals surface area contributed by atoms with Crippen molar-refractivity contribution < 1.29 is 24.2 Å². The van der Waals surface area contributed by atoms with E-state index in [-0.39, 0.29) is 24.5 Å². The Hall–Kier alpha value is -3.32. The number of likely N-dealkylation sites (tertiary alicyclic amines) is 1. The zero-order valence-corrected chi connectivity index (χ0v) is 19.4. The van der Waals surface area contributed by atoms with Crippen molar-refractivity contribution in [1.82, 2.24) is 4.90 Å². The van der Waals surface area contributed by atoms with Crippen molar-refractivity contribution in [2.24, 2.45) is 0 Å². The van der Waals surface area contributed by atoms with Crippen molar-refractivity contribution in [3.05, 3.63) is 64.2 Å². The predicted octanol–water partition coefficient (Wildman–Crippen LogP) is 3.45. The molecule has 1 amide bonds. The first-order valence-corrected chi connectivity index (χ1v) is 10.4. The quantitative estimate of drug-likeness (QED) is 0.405. The van der Waals surface area contributed by atoms with Gasteiger partial charge < -0.3 is 24.4 Å². The largest absolute Gasteiger partial charge is 0.507 e. The van der Waals surface area contributed by atoms with Gasteiger partial charge in [0.25, 0.3) is 11.7 Å². The molecule has 0 bridgehead atoms. The third-order valence-corrected chi connectivity index (χ3v) is 5.68. The lowest BCUT2D eigenvalue weighted by molar-refractivity contribution is -0.140. The molecule has 1 saturated heterocycles. The molecule has 170 valence electrons. The van der Waals surface area contributed by atoms with Crippen molar-refractivity contribution in [2.75, 3.05) is 46.4 Å². The summed E-state index contributed by atoms with van der Waals surface area (Å²) in [6.45, 7) is 4.27. The minimum atomic E-state index is -0.730. The zero-order chi connectivity index (χ0) is 23.6. The molecule has 2 aromatic rings. The number of hydrogen-bond donors (Lipinski definition) is 1. The van der Waals surface area contributed by atoms with Crippen LogP contribution < -0.4 is 9.64 Å². The van der Waals surface area contributed by atoms with E-state index < -0.39 is 17.7 Å². The normalized spacial score (nSPS) is 17.7. The SMILES string of the molecule is COCCN1C(=O)C(=O)/C(=C(/O)c2cc(C)cc(C)c2OC)C1c1ccc(N(C)C)cc1. The standard InChI is InChI=1S/C25H30N2O5/c1-15-13-16(2)24(32-6)19(14-15)22(28)20-21(17-7-9-18(10-8-17)26(3)4)27(11-12-31-5)25(30)23(20)29/h7-10,13-14,21,28H,11-12H2,1-6H3/b22-20+. The van der Waals surface area contributed by atoms with Crippen LogP contribution >= 0.6 is 0 Å². The molecule has 0 saturated carbocycles. The number of anilines is 1. The van der Waals surface area contributed by atoms with Gasteiger partial charge in [-0.2, -0.15) is 0 Å². The number of aliphatic hydroxyl groups is 1. The van der Waals surface area contributed by atoms with E-state index in [1.165, 1.54) is 19.1 Å². The number of nitrogens with zero attached hydrogens (tertiary/aromatic N) is 2.